The number of piperazine rings is 1. The van der Waals surface area contributed by atoms with Crippen LogP contribution >= 0.6 is 10.7 Å². The summed E-state index contributed by atoms with van der Waals surface area (Å²) in [5.74, 6) is -0.224. The van der Waals surface area contributed by atoms with Crippen molar-refractivity contribution in [1.29, 1.82) is 0 Å². The molecule has 0 aromatic heterocycles. The van der Waals surface area contributed by atoms with E-state index in [0.717, 1.165) is 54.7 Å². The Morgan fingerprint density at radius 3 is 2.56 bits per heavy atom. The summed E-state index contributed by atoms with van der Waals surface area (Å²) in [5, 5.41) is 4.31. The van der Waals surface area contributed by atoms with E-state index in [9.17, 15) is 4.39 Å². The van der Waals surface area contributed by atoms with Gasteiger partial charge in [0.15, 0.2) is 0 Å². The Kier molecular flexibility index (Phi) is 4.60. The minimum atomic E-state index is -0.224. The topological polar surface area (TPSA) is 44.5 Å². The first-order valence-electron chi connectivity index (χ1n) is 8.61. The number of hydrogen-bond acceptors (Lipinski definition) is 4. The molecule has 3 N–H and O–H groups in total. The number of halogens is 1. The second kappa shape index (κ2) is 6.88. The number of rotatable bonds is 3. The van der Waals surface area contributed by atoms with E-state index in [-0.39, 0.29) is 16.5 Å². The zero-order chi connectivity index (χ0) is 17.4. The van der Waals surface area contributed by atoms with Crippen LogP contribution in [0, 0.1) is 11.9 Å². The summed E-state index contributed by atoms with van der Waals surface area (Å²) in [5.41, 5.74) is 9.54. The third kappa shape index (κ3) is 3.00. The van der Waals surface area contributed by atoms with Gasteiger partial charge in [0.05, 0.1) is 5.69 Å². The van der Waals surface area contributed by atoms with E-state index in [1.165, 1.54) is 17.0 Å². The van der Waals surface area contributed by atoms with Crippen LogP contribution in [-0.2, 0) is 0 Å². The fraction of sp³-hybridized carbons (Fsp3) is 0.316. The predicted molar refractivity (Wildman–Crippen MR) is 103 cm³/mol. The lowest BCUT2D eigenvalue weighted by molar-refractivity contribution is 0.395. The average Bonchev–Trinajstić information content (AvgIpc) is 2.93. The van der Waals surface area contributed by atoms with Crippen molar-refractivity contribution in [1.82, 2.24) is 9.62 Å². The Bertz CT molecular complexity index is 813. The fourth-order valence-corrected chi connectivity index (χ4v) is 5.65. The smallest absolute Gasteiger partial charge is 0.127 e. The lowest BCUT2D eigenvalue weighted by atomic mass is 10.0. The number of nitrogens with two attached hydrogens (primary N) is 1. The summed E-state index contributed by atoms with van der Waals surface area (Å²) >= 11 is 0. The molecule has 25 heavy (non-hydrogen) atoms. The molecule has 1 radical (unpaired) electrons. The quantitative estimate of drug-likeness (QED) is 0.829. The number of hydrogen-bond donors (Lipinski definition) is 2. The van der Waals surface area contributed by atoms with Gasteiger partial charge in [-0.3, -0.25) is 5.73 Å². The molecule has 1 atom stereocenters. The Labute approximate surface area is 150 Å². The van der Waals surface area contributed by atoms with Gasteiger partial charge in [-0.05, 0) is 46.9 Å². The van der Waals surface area contributed by atoms with Gasteiger partial charge < -0.3 is 10.2 Å². The molecule has 0 aliphatic carbocycles. The highest BCUT2D eigenvalue weighted by Crippen LogP contribution is 2.46. The second-order valence-corrected chi connectivity index (χ2v) is 8.08. The molecule has 0 spiro atoms. The number of nitrogens with one attached hydrogen (secondary N) is 1. The SMILES string of the molecule is CCN1C(N)=S(N2CCNCC2)c2ccc(-c3ccc(F)cc3)[c]c21. The van der Waals surface area contributed by atoms with Crippen molar-refractivity contribution in [3.8, 4) is 11.1 Å². The molecule has 1 unspecified atom stereocenters. The fourth-order valence-electron chi connectivity index (χ4n) is 3.36. The number of benzene rings is 2. The molecule has 2 aliphatic rings. The standard InChI is InChI=1S/C19H22FN4S/c1-2-24-17-13-15(14-3-6-16(20)7-4-14)5-8-18(17)25(19(24)21)23-11-9-22-10-12-23/h3-8,22H,2,9-12,21H2,1H3. The summed E-state index contributed by atoms with van der Waals surface area (Å²) < 4.78 is 15.7. The monoisotopic (exact) mass is 357 g/mol. The van der Waals surface area contributed by atoms with E-state index in [4.69, 9.17) is 5.73 Å². The third-order valence-corrected chi connectivity index (χ3v) is 6.88. The average molecular weight is 357 g/mol. The molecule has 1 saturated heterocycles. The summed E-state index contributed by atoms with van der Waals surface area (Å²) in [4.78, 5) is 3.40. The first-order chi connectivity index (χ1) is 12.2. The summed E-state index contributed by atoms with van der Waals surface area (Å²) in [6.07, 6.45) is 0. The molecule has 2 aromatic carbocycles. The minimum Gasteiger partial charge on any atom is -0.325 e. The van der Waals surface area contributed by atoms with Gasteiger partial charge in [0, 0.05) is 43.7 Å². The molecule has 0 amide bonds. The number of nitrogens with zero attached hydrogens (tertiary/aromatic N) is 2. The van der Waals surface area contributed by atoms with Gasteiger partial charge >= 0.3 is 0 Å². The number of fused-ring (bicyclic) bond motifs is 1. The predicted octanol–water partition coefficient (Wildman–Crippen LogP) is 2.63. The van der Waals surface area contributed by atoms with Crippen LogP contribution in [-0.4, -0.2) is 42.1 Å². The van der Waals surface area contributed by atoms with E-state index < -0.39 is 0 Å². The first kappa shape index (κ1) is 16.7. The van der Waals surface area contributed by atoms with Gasteiger partial charge in [-0.15, -0.1) is 0 Å². The molecule has 131 valence electrons. The van der Waals surface area contributed by atoms with Crippen molar-refractivity contribution < 1.29 is 4.39 Å². The third-order valence-electron chi connectivity index (χ3n) is 4.64. The van der Waals surface area contributed by atoms with Crippen molar-refractivity contribution in [2.75, 3.05) is 37.6 Å². The van der Waals surface area contributed by atoms with Crippen LogP contribution < -0.4 is 16.0 Å². The Balaban J connectivity index is 1.75. The molecule has 1 fully saturated rings. The van der Waals surface area contributed by atoms with E-state index in [0.29, 0.717) is 0 Å². The van der Waals surface area contributed by atoms with Gasteiger partial charge in [-0.2, -0.15) is 0 Å². The highest BCUT2D eigenvalue weighted by molar-refractivity contribution is 8.14. The van der Waals surface area contributed by atoms with Crippen molar-refractivity contribution in [2.45, 2.75) is 11.8 Å². The van der Waals surface area contributed by atoms with E-state index in [1.807, 2.05) is 0 Å². The van der Waals surface area contributed by atoms with Gasteiger partial charge in [0.2, 0.25) is 0 Å². The van der Waals surface area contributed by atoms with Crippen LogP contribution in [0.3, 0.4) is 0 Å². The molecule has 6 heteroatoms. The molecular weight excluding hydrogens is 335 g/mol. The van der Waals surface area contributed by atoms with E-state index in [1.54, 1.807) is 12.1 Å². The Morgan fingerprint density at radius 1 is 1.16 bits per heavy atom. The highest BCUT2D eigenvalue weighted by atomic mass is 32.2. The molecule has 4 rings (SSSR count). The number of anilines is 1. The minimum absolute atomic E-state index is 0.209. The van der Waals surface area contributed by atoms with Crippen molar-refractivity contribution in [3.05, 3.63) is 48.3 Å². The molecule has 2 aliphatic heterocycles. The Morgan fingerprint density at radius 2 is 1.88 bits per heavy atom. The van der Waals surface area contributed by atoms with Crippen LogP contribution in [0.1, 0.15) is 6.92 Å². The molecule has 2 heterocycles. The van der Waals surface area contributed by atoms with Crippen LogP contribution in [0.2, 0.25) is 0 Å². The summed E-state index contributed by atoms with van der Waals surface area (Å²) in [7, 11) is -0.209. The summed E-state index contributed by atoms with van der Waals surface area (Å²) in [6, 6.07) is 14.3. The van der Waals surface area contributed by atoms with Crippen LogP contribution in [0.15, 0.2) is 41.3 Å². The zero-order valence-corrected chi connectivity index (χ0v) is 15.1. The maximum absolute atomic E-state index is 13.2. The summed E-state index contributed by atoms with van der Waals surface area (Å²) in [6.45, 7) is 6.92. The molecule has 4 nitrogen and oxygen atoms in total. The van der Waals surface area contributed by atoms with Crippen LogP contribution in [0.4, 0.5) is 10.1 Å². The van der Waals surface area contributed by atoms with Gasteiger partial charge in [-0.1, -0.05) is 18.2 Å². The normalized spacial score (nSPS) is 20.8. The lowest BCUT2D eigenvalue weighted by Gasteiger charge is -2.29. The zero-order valence-electron chi connectivity index (χ0n) is 14.3. The van der Waals surface area contributed by atoms with E-state index in [2.05, 4.69) is 39.6 Å². The molecular formula is C19H22FN4S. The largest absolute Gasteiger partial charge is 0.325 e. The Hall–Kier alpha value is -1.73. The van der Waals surface area contributed by atoms with Crippen molar-refractivity contribution in [3.63, 3.8) is 0 Å². The highest BCUT2D eigenvalue weighted by Gasteiger charge is 2.30. The van der Waals surface area contributed by atoms with Gasteiger partial charge in [0.25, 0.3) is 0 Å². The van der Waals surface area contributed by atoms with Gasteiger partial charge in [-0.25, -0.2) is 8.70 Å². The molecule has 2 aromatic rings. The molecule has 0 saturated carbocycles. The molecule has 0 bridgehead atoms. The maximum atomic E-state index is 13.2. The maximum Gasteiger partial charge on any atom is 0.127 e. The lowest BCUT2D eigenvalue weighted by Crippen LogP contribution is -2.42. The van der Waals surface area contributed by atoms with Crippen molar-refractivity contribution in [2.24, 2.45) is 5.73 Å². The van der Waals surface area contributed by atoms with Crippen LogP contribution in [0.25, 0.3) is 11.1 Å². The van der Waals surface area contributed by atoms with Crippen molar-refractivity contribution >= 4 is 21.5 Å². The van der Waals surface area contributed by atoms with Crippen LogP contribution in [0.5, 0.6) is 0 Å². The van der Waals surface area contributed by atoms with Gasteiger partial charge in [0.1, 0.15) is 10.9 Å². The first-order valence-corrected chi connectivity index (χ1v) is 9.79. The van der Waals surface area contributed by atoms with E-state index >= 15 is 0 Å². The second-order valence-electron chi connectivity index (χ2n) is 6.14.